The number of nitrogens with two attached hydrogens (primary N) is 1. The zero-order chi connectivity index (χ0) is 11.4. The Bertz CT molecular complexity index is 314. The Labute approximate surface area is 96.1 Å². The smallest absolute Gasteiger partial charge is 0.0694 e. The molecule has 1 aromatic carbocycles. The van der Waals surface area contributed by atoms with Gasteiger partial charge in [0.25, 0.3) is 0 Å². The third-order valence-corrected chi connectivity index (χ3v) is 2.98. The molecular weight excluding hydrogens is 210 g/mol. The van der Waals surface area contributed by atoms with Crippen molar-refractivity contribution in [2.45, 2.75) is 38.3 Å². The van der Waals surface area contributed by atoms with E-state index in [0.717, 1.165) is 10.6 Å². The molecule has 0 aromatic heterocycles. The first-order chi connectivity index (χ1) is 7.02. The molecule has 0 spiro atoms. The van der Waals surface area contributed by atoms with Crippen LogP contribution in [0.15, 0.2) is 24.3 Å². The molecule has 0 fully saturated rings. The van der Waals surface area contributed by atoms with E-state index in [1.54, 1.807) is 0 Å². The van der Waals surface area contributed by atoms with Crippen LogP contribution in [0.5, 0.6) is 0 Å². The minimum Gasteiger partial charge on any atom is -0.392 e. The lowest BCUT2D eigenvalue weighted by Crippen LogP contribution is -2.32. The SMILES string of the molecule is CC(CC(O)C(C)N)c1ccccc1Cl. The first kappa shape index (κ1) is 12.5. The third kappa shape index (κ3) is 3.49. The highest BCUT2D eigenvalue weighted by atomic mass is 35.5. The molecule has 84 valence electrons. The van der Waals surface area contributed by atoms with E-state index in [9.17, 15) is 5.11 Å². The third-order valence-electron chi connectivity index (χ3n) is 2.64. The summed E-state index contributed by atoms with van der Waals surface area (Å²) in [6.45, 7) is 3.86. The number of aliphatic hydroxyl groups is 1. The Kier molecular flexibility index (Phi) is 4.58. The largest absolute Gasteiger partial charge is 0.392 e. The molecule has 0 aliphatic rings. The van der Waals surface area contributed by atoms with Crippen molar-refractivity contribution in [1.82, 2.24) is 0 Å². The van der Waals surface area contributed by atoms with E-state index in [4.69, 9.17) is 17.3 Å². The lowest BCUT2D eigenvalue weighted by Gasteiger charge is -2.20. The zero-order valence-corrected chi connectivity index (χ0v) is 9.91. The highest BCUT2D eigenvalue weighted by Gasteiger charge is 2.16. The maximum Gasteiger partial charge on any atom is 0.0694 e. The first-order valence-corrected chi connectivity index (χ1v) is 5.58. The highest BCUT2D eigenvalue weighted by molar-refractivity contribution is 6.31. The van der Waals surface area contributed by atoms with Gasteiger partial charge in [-0.1, -0.05) is 36.7 Å². The van der Waals surface area contributed by atoms with Crippen molar-refractivity contribution in [2.75, 3.05) is 0 Å². The number of benzene rings is 1. The summed E-state index contributed by atoms with van der Waals surface area (Å²) >= 11 is 6.07. The van der Waals surface area contributed by atoms with E-state index in [1.165, 1.54) is 0 Å². The summed E-state index contributed by atoms with van der Waals surface area (Å²) < 4.78 is 0. The molecule has 3 heteroatoms. The van der Waals surface area contributed by atoms with Crippen molar-refractivity contribution in [3.05, 3.63) is 34.9 Å². The van der Waals surface area contributed by atoms with Crippen molar-refractivity contribution in [2.24, 2.45) is 5.73 Å². The molecule has 2 nitrogen and oxygen atoms in total. The van der Waals surface area contributed by atoms with E-state index in [0.29, 0.717) is 6.42 Å². The normalized spacial score (nSPS) is 17.1. The molecule has 0 radical (unpaired) electrons. The van der Waals surface area contributed by atoms with Crippen molar-refractivity contribution < 1.29 is 5.11 Å². The lowest BCUT2D eigenvalue weighted by atomic mass is 9.93. The average Bonchev–Trinajstić information content (AvgIpc) is 2.18. The fourth-order valence-corrected chi connectivity index (χ4v) is 1.90. The molecular formula is C12H18ClNO. The Morgan fingerprint density at radius 1 is 1.33 bits per heavy atom. The Balaban J connectivity index is 2.69. The van der Waals surface area contributed by atoms with Gasteiger partial charge in [-0.2, -0.15) is 0 Å². The Morgan fingerprint density at radius 2 is 1.93 bits per heavy atom. The van der Waals surface area contributed by atoms with Gasteiger partial charge in [-0.3, -0.25) is 0 Å². The van der Waals surface area contributed by atoms with Gasteiger partial charge in [0.2, 0.25) is 0 Å². The summed E-state index contributed by atoms with van der Waals surface area (Å²) in [4.78, 5) is 0. The molecule has 0 saturated heterocycles. The van der Waals surface area contributed by atoms with E-state index in [-0.39, 0.29) is 12.0 Å². The number of hydrogen-bond donors (Lipinski definition) is 2. The van der Waals surface area contributed by atoms with Gasteiger partial charge in [-0.05, 0) is 30.9 Å². The summed E-state index contributed by atoms with van der Waals surface area (Å²) in [7, 11) is 0. The van der Waals surface area contributed by atoms with Crippen LogP contribution in [0.25, 0.3) is 0 Å². The molecule has 3 N–H and O–H groups in total. The molecule has 0 amide bonds. The van der Waals surface area contributed by atoms with Gasteiger partial charge in [-0.25, -0.2) is 0 Å². The van der Waals surface area contributed by atoms with Crippen LogP contribution in [0.2, 0.25) is 5.02 Å². The van der Waals surface area contributed by atoms with Crippen LogP contribution in [-0.4, -0.2) is 17.3 Å². The first-order valence-electron chi connectivity index (χ1n) is 5.20. The predicted molar refractivity (Wildman–Crippen MR) is 64.1 cm³/mol. The van der Waals surface area contributed by atoms with Gasteiger partial charge in [0.1, 0.15) is 0 Å². The monoisotopic (exact) mass is 227 g/mol. The summed E-state index contributed by atoms with van der Waals surface area (Å²) in [5, 5.41) is 10.4. The molecule has 0 aliphatic carbocycles. The second-order valence-corrected chi connectivity index (χ2v) is 4.49. The van der Waals surface area contributed by atoms with Crippen LogP contribution in [0.3, 0.4) is 0 Å². The van der Waals surface area contributed by atoms with Crippen LogP contribution in [0.4, 0.5) is 0 Å². The molecule has 0 saturated carbocycles. The second-order valence-electron chi connectivity index (χ2n) is 4.08. The van der Waals surface area contributed by atoms with Gasteiger partial charge in [0.15, 0.2) is 0 Å². The lowest BCUT2D eigenvalue weighted by molar-refractivity contribution is 0.134. The fraction of sp³-hybridized carbons (Fsp3) is 0.500. The molecule has 3 unspecified atom stereocenters. The van der Waals surface area contributed by atoms with Crippen molar-refractivity contribution in [1.29, 1.82) is 0 Å². The zero-order valence-electron chi connectivity index (χ0n) is 9.15. The summed E-state index contributed by atoms with van der Waals surface area (Å²) in [5.41, 5.74) is 6.69. The number of hydrogen-bond acceptors (Lipinski definition) is 2. The van der Waals surface area contributed by atoms with Crippen molar-refractivity contribution in [3.8, 4) is 0 Å². The number of rotatable bonds is 4. The molecule has 15 heavy (non-hydrogen) atoms. The standard InChI is InChI=1S/C12H18ClNO/c1-8(7-12(15)9(2)14)10-5-3-4-6-11(10)13/h3-6,8-9,12,15H,7,14H2,1-2H3. The van der Waals surface area contributed by atoms with Gasteiger partial charge in [0, 0.05) is 11.1 Å². The van der Waals surface area contributed by atoms with Crippen molar-refractivity contribution in [3.63, 3.8) is 0 Å². The van der Waals surface area contributed by atoms with Crippen LogP contribution < -0.4 is 5.73 Å². The summed E-state index contributed by atoms with van der Waals surface area (Å²) in [6, 6.07) is 7.51. The molecule has 1 aromatic rings. The molecule has 0 heterocycles. The van der Waals surface area contributed by atoms with Crippen molar-refractivity contribution >= 4 is 11.6 Å². The van der Waals surface area contributed by atoms with E-state index >= 15 is 0 Å². The topological polar surface area (TPSA) is 46.2 Å². The van der Waals surface area contributed by atoms with E-state index < -0.39 is 6.10 Å². The fourth-order valence-electron chi connectivity index (χ4n) is 1.58. The summed E-state index contributed by atoms with van der Waals surface area (Å²) in [5.74, 6) is 0.222. The van der Waals surface area contributed by atoms with Crippen LogP contribution in [0, 0.1) is 0 Å². The summed E-state index contributed by atoms with van der Waals surface area (Å²) in [6.07, 6.45) is 0.165. The minimum atomic E-state index is -0.476. The average molecular weight is 228 g/mol. The van der Waals surface area contributed by atoms with Crippen LogP contribution in [0.1, 0.15) is 31.7 Å². The predicted octanol–water partition coefficient (Wildman–Crippen LogP) is 2.54. The van der Waals surface area contributed by atoms with E-state index in [1.807, 2.05) is 38.1 Å². The maximum absolute atomic E-state index is 9.68. The maximum atomic E-state index is 9.68. The minimum absolute atomic E-state index is 0.199. The highest BCUT2D eigenvalue weighted by Crippen LogP contribution is 2.27. The van der Waals surface area contributed by atoms with Gasteiger partial charge in [-0.15, -0.1) is 0 Å². The second kappa shape index (κ2) is 5.50. The molecule has 1 rings (SSSR count). The van der Waals surface area contributed by atoms with E-state index in [2.05, 4.69) is 0 Å². The van der Waals surface area contributed by atoms with Crippen LogP contribution in [-0.2, 0) is 0 Å². The number of halogens is 1. The molecule has 0 bridgehead atoms. The Morgan fingerprint density at radius 3 is 2.47 bits per heavy atom. The van der Waals surface area contributed by atoms with Gasteiger partial charge < -0.3 is 10.8 Å². The Hall–Kier alpha value is -0.570. The van der Waals surface area contributed by atoms with Crippen LogP contribution >= 0.6 is 11.6 Å². The molecule has 3 atom stereocenters. The number of aliphatic hydroxyl groups excluding tert-OH is 1. The van der Waals surface area contributed by atoms with Gasteiger partial charge in [0.05, 0.1) is 6.10 Å². The van der Waals surface area contributed by atoms with Gasteiger partial charge >= 0.3 is 0 Å². The quantitative estimate of drug-likeness (QED) is 0.831. The molecule has 0 aliphatic heterocycles.